The van der Waals surface area contributed by atoms with E-state index in [1.165, 1.54) is 0 Å². The van der Waals surface area contributed by atoms with Crippen LogP contribution in [0.5, 0.6) is 0 Å². The molecule has 0 bridgehead atoms. The van der Waals surface area contributed by atoms with Gasteiger partial charge in [-0.3, -0.25) is 9.48 Å². The number of hydrogen-bond acceptors (Lipinski definition) is 3. The standard InChI is InChI=1S/C13H17N3O2/c1-10-9-11(2)18-12(10)13(17)14-5-3-7-16-8-4-6-15-16/h4,6,8-9H,3,5,7H2,1-2H3,(H,14,17). The van der Waals surface area contributed by atoms with Crippen molar-refractivity contribution < 1.29 is 9.21 Å². The lowest BCUT2D eigenvalue weighted by atomic mass is 10.2. The monoisotopic (exact) mass is 247 g/mol. The van der Waals surface area contributed by atoms with Crippen LogP contribution < -0.4 is 5.32 Å². The number of nitrogens with zero attached hydrogens (tertiary/aromatic N) is 2. The number of hydrogen-bond donors (Lipinski definition) is 1. The summed E-state index contributed by atoms with van der Waals surface area (Å²) in [6.45, 7) is 5.11. The SMILES string of the molecule is Cc1cc(C)c(C(=O)NCCCn2cccn2)o1. The van der Waals surface area contributed by atoms with E-state index < -0.39 is 0 Å². The molecule has 2 aromatic rings. The summed E-state index contributed by atoms with van der Waals surface area (Å²) >= 11 is 0. The minimum Gasteiger partial charge on any atom is -0.456 e. The number of carbonyl (C=O) groups excluding carboxylic acids is 1. The summed E-state index contributed by atoms with van der Waals surface area (Å²) in [5.41, 5.74) is 0.872. The number of amides is 1. The Morgan fingerprint density at radius 2 is 2.33 bits per heavy atom. The molecule has 0 spiro atoms. The number of furan rings is 1. The van der Waals surface area contributed by atoms with Gasteiger partial charge in [-0.1, -0.05) is 0 Å². The Labute approximate surface area is 106 Å². The predicted molar refractivity (Wildman–Crippen MR) is 67.4 cm³/mol. The van der Waals surface area contributed by atoms with E-state index in [1.54, 1.807) is 6.20 Å². The summed E-state index contributed by atoms with van der Waals surface area (Å²) < 4.78 is 7.19. The van der Waals surface area contributed by atoms with Gasteiger partial charge < -0.3 is 9.73 Å². The van der Waals surface area contributed by atoms with Crippen molar-refractivity contribution in [1.82, 2.24) is 15.1 Å². The maximum absolute atomic E-state index is 11.8. The first-order valence-electron chi connectivity index (χ1n) is 5.99. The molecule has 0 aromatic carbocycles. The van der Waals surface area contributed by atoms with Crippen molar-refractivity contribution in [3.05, 3.63) is 41.6 Å². The molecule has 2 rings (SSSR count). The number of rotatable bonds is 5. The average Bonchev–Trinajstić information content (AvgIpc) is 2.94. The largest absolute Gasteiger partial charge is 0.456 e. The number of aromatic nitrogens is 2. The van der Waals surface area contributed by atoms with Crippen LogP contribution in [0.3, 0.4) is 0 Å². The molecule has 0 aliphatic rings. The zero-order chi connectivity index (χ0) is 13.0. The third-order valence-electron chi connectivity index (χ3n) is 2.66. The summed E-state index contributed by atoms with van der Waals surface area (Å²) in [6, 6.07) is 3.74. The van der Waals surface area contributed by atoms with Gasteiger partial charge in [-0.2, -0.15) is 5.10 Å². The lowest BCUT2D eigenvalue weighted by Gasteiger charge is -2.04. The summed E-state index contributed by atoms with van der Waals surface area (Å²) in [6.07, 6.45) is 4.49. The Bertz CT molecular complexity index is 514. The Balaban J connectivity index is 1.77. The number of carbonyl (C=O) groups is 1. The van der Waals surface area contributed by atoms with Crippen molar-refractivity contribution in [2.24, 2.45) is 0 Å². The smallest absolute Gasteiger partial charge is 0.287 e. The highest BCUT2D eigenvalue weighted by atomic mass is 16.3. The zero-order valence-electron chi connectivity index (χ0n) is 10.6. The van der Waals surface area contributed by atoms with Gasteiger partial charge in [-0.05, 0) is 32.4 Å². The number of nitrogens with one attached hydrogen (secondary N) is 1. The van der Waals surface area contributed by atoms with Gasteiger partial charge in [0.25, 0.3) is 5.91 Å². The molecule has 0 saturated carbocycles. The topological polar surface area (TPSA) is 60.1 Å². The minimum absolute atomic E-state index is 0.152. The van der Waals surface area contributed by atoms with Gasteiger partial charge in [0.15, 0.2) is 5.76 Å². The fourth-order valence-electron chi connectivity index (χ4n) is 1.82. The molecule has 0 aliphatic carbocycles. The highest BCUT2D eigenvalue weighted by Gasteiger charge is 2.13. The van der Waals surface area contributed by atoms with Gasteiger partial charge in [0.05, 0.1) is 0 Å². The quantitative estimate of drug-likeness (QED) is 0.821. The molecule has 5 heteroatoms. The normalized spacial score (nSPS) is 10.6. The van der Waals surface area contributed by atoms with E-state index in [4.69, 9.17) is 4.42 Å². The van der Waals surface area contributed by atoms with Crippen LogP contribution in [0.1, 0.15) is 28.3 Å². The van der Waals surface area contributed by atoms with Crippen LogP contribution in [-0.4, -0.2) is 22.2 Å². The Hall–Kier alpha value is -2.04. The zero-order valence-corrected chi connectivity index (χ0v) is 10.6. The van der Waals surface area contributed by atoms with E-state index in [0.717, 1.165) is 24.3 Å². The summed E-state index contributed by atoms with van der Waals surface area (Å²) in [5.74, 6) is 1.02. The molecule has 18 heavy (non-hydrogen) atoms. The van der Waals surface area contributed by atoms with Crippen molar-refractivity contribution in [3.8, 4) is 0 Å². The van der Waals surface area contributed by atoms with Gasteiger partial charge in [0.2, 0.25) is 0 Å². The highest BCUT2D eigenvalue weighted by Crippen LogP contribution is 2.13. The highest BCUT2D eigenvalue weighted by molar-refractivity contribution is 5.92. The predicted octanol–water partition coefficient (Wildman–Crippen LogP) is 1.91. The van der Waals surface area contributed by atoms with Crippen molar-refractivity contribution in [1.29, 1.82) is 0 Å². The van der Waals surface area contributed by atoms with Gasteiger partial charge in [0, 0.05) is 31.0 Å². The van der Waals surface area contributed by atoms with E-state index in [-0.39, 0.29) is 5.91 Å². The Morgan fingerprint density at radius 3 is 2.94 bits per heavy atom. The molecule has 96 valence electrons. The lowest BCUT2D eigenvalue weighted by Crippen LogP contribution is -2.25. The van der Waals surface area contributed by atoms with Crippen molar-refractivity contribution in [2.75, 3.05) is 6.54 Å². The van der Waals surface area contributed by atoms with Crippen LogP contribution in [0.15, 0.2) is 28.9 Å². The molecule has 0 unspecified atom stereocenters. The van der Waals surface area contributed by atoms with Gasteiger partial charge in [0.1, 0.15) is 5.76 Å². The first-order chi connectivity index (χ1) is 8.66. The molecular weight excluding hydrogens is 230 g/mol. The number of aryl methyl sites for hydroxylation is 3. The van der Waals surface area contributed by atoms with E-state index in [9.17, 15) is 4.79 Å². The summed E-state index contributed by atoms with van der Waals surface area (Å²) in [5, 5.41) is 6.94. The fraction of sp³-hybridized carbons (Fsp3) is 0.385. The van der Waals surface area contributed by atoms with Crippen molar-refractivity contribution >= 4 is 5.91 Å². The molecule has 0 radical (unpaired) electrons. The second-order valence-electron chi connectivity index (χ2n) is 4.25. The van der Waals surface area contributed by atoms with E-state index in [2.05, 4.69) is 10.4 Å². The molecule has 0 atom stereocenters. The fourth-order valence-corrected chi connectivity index (χ4v) is 1.82. The molecule has 2 aromatic heterocycles. The second-order valence-corrected chi connectivity index (χ2v) is 4.25. The van der Waals surface area contributed by atoms with E-state index in [0.29, 0.717) is 12.3 Å². The van der Waals surface area contributed by atoms with Gasteiger partial charge in [-0.25, -0.2) is 0 Å². The van der Waals surface area contributed by atoms with Crippen LogP contribution in [0, 0.1) is 13.8 Å². The van der Waals surface area contributed by atoms with Crippen LogP contribution in [0.4, 0.5) is 0 Å². The maximum atomic E-state index is 11.8. The average molecular weight is 247 g/mol. The molecule has 0 saturated heterocycles. The Morgan fingerprint density at radius 1 is 1.50 bits per heavy atom. The molecule has 1 N–H and O–H groups in total. The first kappa shape index (κ1) is 12.4. The van der Waals surface area contributed by atoms with Gasteiger partial charge >= 0.3 is 0 Å². The second kappa shape index (κ2) is 5.53. The summed E-state index contributed by atoms with van der Waals surface area (Å²) in [7, 11) is 0. The Kier molecular flexibility index (Phi) is 3.82. The van der Waals surface area contributed by atoms with Crippen LogP contribution >= 0.6 is 0 Å². The first-order valence-corrected chi connectivity index (χ1v) is 5.99. The molecule has 0 fully saturated rings. The third kappa shape index (κ3) is 3.00. The molecule has 5 nitrogen and oxygen atoms in total. The van der Waals surface area contributed by atoms with Crippen molar-refractivity contribution in [3.63, 3.8) is 0 Å². The lowest BCUT2D eigenvalue weighted by molar-refractivity contribution is 0.0922. The van der Waals surface area contributed by atoms with Crippen LogP contribution in [-0.2, 0) is 6.54 Å². The van der Waals surface area contributed by atoms with Gasteiger partial charge in [-0.15, -0.1) is 0 Å². The minimum atomic E-state index is -0.152. The van der Waals surface area contributed by atoms with Crippen molar-refractivity contribution in [2.45, 2.75) is 26.8 Å². The molecule has 2 heterocycles. The molecule has 1 amide bonds. The van der Waals surface area contributed by atoms with E-state index in [1.807, 2.05) is 36.9 Å². The van der Waals surface area contributed by atoms with Crippen LogP contribution in [0.2, 0.25) is 0 Å². The molecule has 0 aliphatic heterocycles. The van der Waals surface area contributed by atoms with E-state index >= 15 is 0 Å². The third-order valence-corrected chi connectivity index (χ3v) is 2.66. The maximum Gasteiger partial charge on any atom is 0.287 e. The molecular formula is C13H17N3O2. The summed E-state index contributed by atoms with van der Waals surface area (Å²) in [4.78, 5) is 11.8. The van der Waals surface area contributed by atoms with Crippen LogP contribution in [0.25, 0.3) is 0 Å².